The van der Waals surface area contributed by atoms with Crippen molar-refractivity contribution in [3.8, 4) is 0 Å². The van der Waals surface area contributed by atoms with Gasteiger partial charge in [0, 0.05) is 22.3 Å². The van der Waals surface area contributed by atoms with Gasteiger partial charge in [0.1, 0.15) is 5.82 Å². The number of hydrogen-bond donors (Lipinski definition) is 2. The third-order valence-corrected chi connectivity index (χ3v) is 3.13. The standard InChI is InChI=1S/C16H18ClF3N4/c1-9-7-13(24-15(2,3)4)23-14(21-9)22-12-6-5-10(17)8-11(12)16(18,19)20/h5-8H,1-4H3,(H2,21,22,23,24). The lowest BCUT2D eigenvalue weighted by Crippen LogP contribution is -2.27. The van der Waals surface area contributed by atoms with E-state index in [1.165, 1.54) is 12.1 Å². The molecular formula is C16H18ClF3N4. The molecule has 1 aromatic heterocycles. The number of nitrogens with one attached hydrogen (secondary N) is 2. The van der Waals surface area contributed by atoms with E-state index in [4.69, 9.17) is 11.6 Å². The van der Waals surface area contributed by atoms with Gasteiger partial charge in [0.15, 0.2) is 0 Å². The fourth-order valence-corrected chi connectivity index (χ4v) is 2.23. The monoisotopic (exact) mass is 358 g/mol. The number of aryl methyl sites for hydroxylation is 1. The third-order valence-electron chi connectivity index (χ3n) is 2.89. The number of aromatic nitrogens is 2. The van der Waals surface area contributed by atoms with Gasteiger partial charge in [-0.3, -0.25) is 0 Å². The van der Waals surface area contributed by atoms with Crippen LogP contribution in [-0.2, 0) is 6.18 Å². The van der Waals surface area contributed by atoms with Crippen LogP contribution in [0.5, 0.6) is 0 Å². The average molecular weight is 359 g/mol. The highest BCUT2D eigenvalue weighted by atomic mass is 35.5. The molecule has 130 valence electrons. The lowest BCUT2D eigenvalue weighted by atomic mass is 10.1. The summed E-state index contributed by atoms with van der Waals surface area (Å²) >= 11 is 5.68. The normalized spacial score (nSPS) is 12.2. The SMILES string of the molecule is Cc1cc(NC(C)(C)C)nc(Nc2ccc(Cl)cc2C(F)(F)F)n1. The maximum Gasteiger partial charge on any atom is 0.418 e. The van der Waals surface area contributed by atoms with Crippen LogP contribution in [-0.4, -0.2) is 15.5 Å². The lowest BCUT2D eigenvalue weighted by molar-refractivity contribution is -0.136. The van der Waals surface area contributed by atoms with Gasteiger partial charge in [-0.2, -0.15) is 18.2 Å². The van der Waals surface area contributed by atoms with Crippen LogP contribution < -0.4 is 10.6 Å². The van der Waals surface area contributed by atoms with Crippen LogP contribution in [0.2, 0.25) is 5.02 Å². The van der Waals surface area contributed by atoms with Gasteiger partial charge in [-0.05, 0) is 45.9 Å². The molecule has 0 atom stereocenters. The average Bonchev–Trinajstić information content (AvgIpc) is 2.36. The Morgan fingerprint density at radius 3 is 2.29 bits per heavy atom. The first kappa shape index (κ1) is 18.3. The molecular weight excluding hydrogens is 341 g/mol. The molecule has 0 aliphatic rings. The minimum atomic E-state index is -4.54. The molecule has 0 radical (unpaired) electrons. The number of nitrogens with zero attached hydrogens (tertiary/aromatic N) is 2. The van der Waals surface area contributed by atoms with E-state index in [-0.39, 0.29) is 22.2 Å². The fraction of sp³-hybridized carbons (Fsp3) is 0.375. The Labute approximate surface area is 143 Å². The van der Waals surface area contributed by atoms with Crippen LogP contribution in [0.4, 0.5) is 30.6 Å². The molecule has 0 bridgehead atoms. The molecule has 1 aromatic carbocycles. The smallest absolute Gasteiger partial charge is 0.365 e. The molecule has 8 heteroatoms. The molecule has 0 aliphatic carbocycles. The number of hydrogen-bond acceptors (Lipinski definition) is 4. The van der Waals surface area contributed by atoms with Crippen molar-refractivity contribution in [3.05, 3.63) is 40.5 Å². The van der Waals surface area contributed by atoms with Gasteiger partial charge in [0.2, 0.25) is 5.95 Å². The van der Waals surface area contributed by atoms with E-state index in [2.05, 4.69) is 20.6 Å². The van der Waals surface area contributed by atoms with Crippen molar-refractivity contribution >= 4 is 29.1 Å². The Bertz CT molecular complexity index is 739. The van der Waals surface area contributed by atoms with Gasteiger partial charge >= 0.3 is 6.18 Å². The van der Waals surface area contributed by atoms with Gasteiger partial charge in [-0.15, -0.1) is 0 Å². The molecule has 0 amide bonds. The number of halogens is 4. The van der Waals surface area contributed by atoms with E-state index in [1.807, 2.05) is 20.8 Å². The molecule has 2 rings (SSSR count). The number of alkyl halides is 3. The van der Waals surface area contributed by atoms with E-state index in [1.54, 1.807) is 13.0 Å². The second-order valence-electron chi connectivity index (χ2n) is 6.41. The molecule has 0 fully saturated rings. The van der Waals surface area contributed by atoms with Gasteiger partial charge in [0.05, 0.1) is 11.3 Å². The highest BCUT2D eigenvalue weighted by Crippen LogP contribution is 2.37. The van der Waals surface area contributed by atoms with Crippen LogP contribution >= 0.6 is 11.6 Å². The summed E-state index contributed by atoms with van der Waals surface area (Å²) in [7, 11) is 0. The van der Waals surface area contributed by atoms with E-state index < -0.39 is 11.7 Å². The summed E-state index contributed by atoms with van der Waals surface area (Å²) in [6.07, 6.45) is -4.54. The van der Waals surface area contributed by atoms with E-state index in [9.17, 15) is 13.2 Å². The van der Waals surface area contributed by atoms with E-state index in [0.29, 0.717) is 11.5 Å². The van der Waals surface area contributed by atoms with Gasteiger partial charge < -0.3 is 10.6 Å². The molecule has 2 aromatic rings. The maximum atomic E-state index is 13.2. The lowest BCUT2D eigenvalue weighted by Gasteiger charge is -2.22. The zero-order chi connectivity index (χ0) is 18.1. The predicted molar refractivity (Wildman–Crippen MR) is 89.9 cm³/mol. The molecule has 0 unspecified atom stereocenters. The molecule has 2 N–H and O–H groups in total. The third kappa shape index (κ3) is 4.99. The van der Waals surface area contributed by atoms with Crippen LogP contribution in [0, 0.1) is 6.92 Å². The fourth-order valence-electron chi connectivity index (χ4n) is 2.05. The molecule has 24 heavy (non-hydrogen) atoms. The quantitative estimate of drug-likeness (QED) is 0.770. The Hall–Kier alpha value is -2.02. The summed E-state index contributed by atoms with van der Waals surface area (Å²) in [6, 6.07) is 5.23. The largest absolute Gasteiger partial charge is 0.418 e. The molecule has 0 aliphatic heterocycles. The molecule has 0 spiro atoms. The number of benzene rings is 1. The Morgan fingerprint density at radius 1 is 1.04 bits per heavy atom. The van der Waals surface area contributed by atoms with Crippen LogP contribution in [0.3, 0.4) is 0 Å². The summed E-state index contributed by atoms with van der Waals surface area (Å²) in [5.41, 5.74) is -0.637. The minimum Gasteiger partial charge on any atom is -0.365 e. The Kier molecular flexibility index (Phi) is 4.94. The number of rotatable bonds is 3. The van der Waals surface area contributed by atoms with Crippen molar-refractivity contribution in [2.75, 3.05) is 10.6 Å². The van der Waals surface area contributed by atoms with Crippen molar-refractivity contribution in [2.24, 2.45) is 0 Å². The molecule has 0 saturated heterocycles. The first-order valence-corrected chi connectivity index (χ1v) is 7.59. The van der Waals surface area contributed by atoms with Crippen LogP contribution in [0.25, 0.3) is 0 Å². The zero-order valence-corrected chi connectivity index (χ0v) is 14.5. The first-order chi connectivity index (χ1) is 10.9. The first-order valence-electron chi connectivity index (χ1n) is 7.22. The topological polar surface area (TPSA) is 49.8 Å². The summed E-state index contributed by atoms with van der Waals surface area (Å²) in [6.45, 7) is 7.61. The highest BCUT2D eigenvalue weighted by Gasteiger charge is 2.34. The van der Waals surface area contributed by atoms with Crippen molar-refractivity contribution in [1.29, 1.82) is 0 Å². The summed E-state index contributed by atoms with van der Waals surface area (Å²) in [5, 5.41) is 5.81. The Morgan fingerprint density at radius 2 is 1.71 bits per heavy atom. The van der Waals surface area contributed by atoms with Crippen molar-refractivity contribution in [3.63, 3.8) is 0 Å². The Balaban J connectivity index is 2.38. The second-order valence-corrected chi connectivity index (χ2v) is 6.84. The molecule has 1 heterocycles. The van der Waals surface area contributed by atoms with Crippen LogP contribution in [0.15, 0.2) is 24.3 Å². The minimum absolute atomic E-state index is 0.00752. The van der Waals surface area contributed by atoms with Crippen LogP contribution in [0.1, 0.15) is 32.0 Å². The molecule has 0 saturated carbocycles. The highest BCUT2D eigenvalue weighted by molar-refractivity contribution is 6.30. The van der Waals surface area contributed by atoms with E-state index in [0.717, 1.165) is 6.07 Å². The number of anilines is 3. The maximum absolute atomic E-state index is 13.2. The van der Waals surface area contributed by atoms with Crippen molar-refractivity contribution in [1.82, 2.24) is 9.97 Å². The summed E-state index contributed by atoms with van der Waals surface area (Å²) < 4.78 is 39.5. The van der Waals surface area contributed by atoms with E-state index >= 15 is 0 Å². The van der Waals surface area contributed by atoms with Crippen molar-refractivity contribution in [2.45, 2.75) is 39.4 Å². The second kappa shape index (κ2) is 6.47. The zero-order valence-electron chi connectivity index (χ0n) is 13.7. The van der Waals surface area contributed by atoms with Gasteiger partial charge in [-0.1, -0.05) is 11.6 Å². The van der Waals surface area contributed by atoms with Gasteiger partial charge in [-0.25, -0.2) is 4.98 Å². The van der Waals surface area contributed by atoms with Crippen molar-refractivity contribution < 1.29 is 13.2 Å². The molecule has 4 nitrogen and oxygen atoms in total. The predicted octanol–water partition coefficient (Wildman–Crippen LogP) is 5.41. The van der Waals surface area contributed by atoms with Gasteiger partial charge in [0.25, 0.3) is 0 Å². The summed E-state index contributed by atoms with van der Waals surface area (Å²) in [4.78, 5) is 8.37. The summed E-state index contributed by atoms with van der Waals surface area (Å²) in [5.74, 6) is 0.606.